The van der Waals surface area contributed by atoms with Crippen LogP contribution in [0.4, 0.5) is 0 Å². The van der Waals surface area contributed by atoms with Crippen LogP contribution in [0.15, 0.2) is 0 Å². The summed E-state index contributed by atoms with van der Waals surface area (Å²) in [6.45, 7) is 4.67. The molecular formula is C28H54LiO7S. The molecule has 37 heavy (non-hydrogen) atoms. The molecule has 7 nitrogen and oxygen atoms in total. The molecule has 0 bridgehead atoms. The van der Waals surface area contributed by atoms with Crippen LogP contribution in [0.1, 0.15) is 149 Å². The monoisotopic (exact) mass is 541 g/mol. The van der Waals surface area contributed by atoms with Crippen molar-refractivity contribution in [2.24, 2.45) is 0 Å². The maximum atomic E-state index is 12.2. The van der Waals surface area contributed by atoms with E-state index in [1.54, 1.807) is 0 Å². The van der Waals surface area contributed by atoms with Crippen LogP contribution >= 0.6 is 0 Å². The molecule has 0 aromatic carbocycles. The van der Waals surface area contributed by atoms with E-state index in [4.69, 9.17) is 9.47 Å². The van der Waals surface area contributed by atoms with Gasteiger partial charge < -0.3 is 9.47 Å². The summed E-state index contributed by atoms with van der Waals surface area (Å²) in [5.41, 5.74) is 0. The van der Waals surface area contributed by atoms with Gasteiger partial charge >= 0.3 is 11.9 Å². The summed E-state index contributed by atoms with van der Waals surface area (Å²) >= 11 is 0. The summed E-state index contributed by atoms with van der Waals surface area (Å²) in [6, 6.07) is 0. The second-order valence-electron chi connectivity index (χ2n) is 9.96. The zero-order chi connectivity index (χ0) is 26.9. The van der Waals surface area contributed by atoms with Gasteiger partial charge in [-0.2, -0.15) is 8.42 Å². The molecule has 0 aliphatic carbocycles. The predicted molar refractivity (Wildman–Crippen MR) is 151 cm³/mol. The Morgan fingerprint density at radius 3 is 1.27 bits per heavy atom. The molecule has 1 N–H and O–H groups in total. The van der Waals surface area contributed by atoms with Gasteiger partial charge in [0.25, 0.3) is 10.1 Å². The maximum absolute atomic E-state index is 12.2. The van der Waals surface area contributed by atoms with Crippen molar-refractivity contribution in [3.05, 3.63) is 0 Å². The number of unbranched alkanes of at least 4 members (excludes halogenated alkanes) is 18. The zero-order valence-electron chi connectivity index (χ0n) is 24.1. The second-order valence-corrected chi connectivity index (χ2v) is 11.6. The molecule has 1 radical (unpaired) electrons. The summed E-state index contributed by atoms with van der Waals surface area (Å²) in [7, 11) is -4.75. The van der Waals surface area contributed by atoms with E-state index in [9.17, 15) is 22.6 Å². The van der Waals surface area contributed by atoms with Crippen LogP contribution in [0.25, 0.3) is 0 Å². The van der Waals surface area contributed by atoms with Gasteiger partial charge in [-0.15, -0.1) is 0 Å². The van der Waals surface area contributed by atoms with Crippen LogP contribution in [0.5, 0.6) is 0 Å². The molecule has 215 valence electrons. The first-order chi connectivity index (χ1) is 17.3. The molecule has 0 spiro atoms. The van der Waals surface area contributed by atoms with Gasteiger partial charge in [0, 0.05) is 18.9 Å². The van der Waals surface area contributed by atoms with Crippen LogP contribution < -0.4 is 0 Å². The van der Waals surface area contributed by atoms with Crippen LogP contribution in [-0.4, -0.2) is 62.2 Å². The van der Waals surface area contributed by atoms with Gasteiger partial charge in [-0.05, 0) is 12.8 Å². The van der Waals surface area contributed by atoms with Gasteiger partial charge in [0.2, 0.25) is 0 Å². The van der Waals surface area contributed by atoms with E-state index in [1.165, 1.54) is 77.0 Å². The van der Waals surface area contributed by atoms with E-state index < -0.39 is 33.7 Å². The van der Waals surface area contributed by atoms with Crippen molar-refractivity contribution in [2.75, 3.05) is 13.2 Å². The van der Waals surface area contributed by atoms with Crippen LogP contribution in [0.2, 0.25) is 0 Å². The number of rotatable bonds is 26. The maximum Gasteiger partial charge on any atom is 0.327 e. The predicted octanol–water partition coefficient (Wildman–Crippen LogP) is 7.18. The summed E-state index contributed by atoms with van der Waals surface area (Å²) < 4.78 is 42.7. The zero-order valence-corrected chi connectivity index (χ0v) is 25.0. The van der Waals surface area contributed by atoms with Crippen LogP contribution in [0, 0.1) is 0 Å². The number of carbonyl (C=O) groups excluding carboxylic acids is 2. The molecule has 0 amide bonds. The van der Waals surface area contributed by atoms with E-state index in [2.05, 4.69) is 13.8 Å². The first-order valence-corrected chi connectivity index (χ1v) is 16.1. The molecule has 1 unspecified atom stereocenters. The third-order valence-corrected chi connectivity index (χ3v) is 7.56. The van der Waals surface area contributed by atoms with Gasteiger partial charge in [0.05, 0.1) is 19.6 Å². The van der Waals surface area contributed by atoms with Crippen molar-refractivity contribution < 1.29 is 32.0 Å². The van der Waals surface area contributed by atoms with Crippen molar-refractivity contribution in [3.63, 3.8) is 0 Å². The van der Waals surface area contributed by atoms with E-state index in [1.807, 2.05) is 0 Å². The largest absolute Gasteiger partial charge is 0.466 e. The average molecular weight is 542 g/mol. The van der Waals surface area contributed by atoms with E-state index in [-0.39, 0.29) is 32.1 Å². The minimum atomic E-state index is -4.75. The topological polar surface area (TPSA) is 107 Å². The summed E-state index contributed by atoms with van der Waals surface area (Å²) in [5, 5.41) is -1.93. The van der Waals surface area contributed by atoms with Crippen LogP contribution in [0.3, 0.4) is 0 Å². The molecule has 0 aromatic heterocycles. The summed E-state index contributed by atoms with van der Waals surface area (Å²) in [6.07, 6.45) is 22.1. The van der Waals surface area contributed by atoms with Gasteiger partial charge in [0.1, 0.15) is 0 Å². The standard InChI is InChI=1S/C28H54O7S.Li/c1-3-5-7-9-11-13-15-17-19-21-23-34-27(29)25-26(36(31,32)33)28(30)35-24-22-20-18-16-14-12-10-8-6-4-2;/h26H,3-25H2,1-2H3,(H,31,32,33);. The van der Waals surface area contributed by atoms with Gasteiger partial charge in [-0.25, -0.2) is 0 Å². The molecule has 0 rings (SSSR count). The number of hydrogen-bond donors (Lipinski definition) is 1. The van der Waals surface area contributed by atoms with Crippen molar-refractivity contribution in [2.45, 2.75) is 154 Å². The molecule has 0 aliphatic rings. The molecule has 0 fully saturated rings. The molecule has 0 saturated carbocycles. The average Bonchev–Trinajstić information content (AvgIpc) is 2.83. The minimum Gasteiger partial charge on any atom is -0.466 e. The first-order valence-electron chi connectivity index (χ1n) is 14.6. The van der Waals surface area contributed by atoms with Gasteiger partial charge in [0.15, 0.2) is 5.25 Å². The third kappa shape index (κ3) is 25.5. The molecule has 0 saturated heterocycles. The van der Waals surface area contributed by atoms with Crippen molar-refractivity contribution in [1.82, 2.24) is 0 Å². The normalized spacial score (nSPS) is 12.1. The molecule has 1 atom stereocenters. The molecule has 0 aliphatic heterocycles. The second kappa shape index (κ2) is 27.0. The summed E-state index contributed by atoms with van der Waals surface area (Å²) in [4.78, 5) is 24.2. The summed E-state index contributed by atoms with van der Waals surface area (Å²) in [5.74, 6) is -1.91. The first kappa shape index (κ1) is 38.6. The number of ether oxygens (including phenoxy) is 2. The van der Waals surface area contributed by atoms with Gasteiger partial charge in [-0.1, -0.05) is 129 Å². The van der Waals surface area contributed by atoms with E-state index in [0.717, 1.165) is 38.5 Å². The fraction of sp³-hybridized carbons (Fsp3) is 0.929. The fourth-order valence-electron chi connectivity index (χ4n) is 4.15. The van der Waals surface area contributed by atoms with Gasteiger partial charge in [-0.3, -0.25) is 14.1 Å². The Hall–Kier alpha value is -0.553. The smallest absolute Gasteiger partial charge is 0.327 e. The SMILES string of the molecule is CCCCCCCCCCCCOC(=O)CC(C(=O)OCCCCCCCCCCCC)S(=O)(=O)O.[Li]. The molecule has 0 heterocycles. The molecule has 9 heteroatoms. The number of esters is 2. The van der Waals surface area contributed by atoms with Crippen molar-refractivity contribution >= 4 is 40.9 Å². The third-order valence-electron chi connectivity index (χ3n) is 6.48. The number of carbonyl (C=O) groups is 2. The Morgan fingerprint density at radius 1 is 0.595 bits per heavy atom. The van der Waals surface area contributed by atoms with E-state index >= 15 is 0 Å². The quantitative estimate of drug-likeness (QED) is 0.0535. The Bertz CT molecular complexity index is 640. The van der Waals surface area contributed by atoms with E-state index in [0.29, 0.717) is 12.8 Å². The Balaban J connectivity index is 0. The Morgan fingerprint density at radius 2 is 0.919 bits per heavy atom. The molecule has 0 aromatic rings. The van der Waals surface area contributed by atoms with Crippen molar-refractivity contribution in [1.29, 1.82) is 0 Å². The molecular weight excluding hydrogens is 487 g/mol. The minimum absolute atomic E-state index is 0. The van der Waals surface area contributed by atoms with Crippen LogP contribution in [-0.2, 0) is 29.2 Å². The Labute approximate surface area is 239 Å². The van der Waals surface area contributed by atoms with Crippen molar-refractivity contribution in [3.8, 4) is 0 Å². The Kier molecular flexibility index (Phi) is 28.2. The fourth-order valence-corrected chi connectivity index (χ4v) is 4.81. The number of hydrogen-bond acceptors (Lipinski definition) is 6.